The topological polar surface area (TPSA) is 71.3 Å². The molecule has 2 N–H and O–H groups in total. The molecule has 1 aliphatic carbocycles. The summed E-state index contributed by atoms with van der Waals surface area (Å²) < 4.78 is 20.3. The van der Waals surface area contributed by atoms with Crippen LogP contribution in [0, 0.1) is 18.8 Å². The average Bonchev–Trinajstić information content (AvgIpc) is 3.60. The molecule has 35 heavy (non-hydrogen) atoms. The molecule has 0 bridgehead atoms. The zero-order chi connectivity index (χ0) is 24.3. The van der Waals surface area contributed by atoms with Crippen molar-refractivity contribution in [3.05, 3.63) is 120 Å². The smallest absolute Gasteiger partial charge is 0.223 e. The van der Waals surface area contributed by atoms with E-state index in [1.807, 2.05) is 110 Å². The van der Waals surface area contributed by atoms with E-state index in [4.69, 9.17) is 4.42 Å². The summed E-state index contributed by atoms with van der Waals surface area (Å²) in [6, 6.07) is 32.7. The van der Waals surface area contributed by atoms with Gasteiger partial charge in [0.15, 0.2) is 0 Å². The standard InChI is InChI=1S/C29H29N2O3P/c1-21-17-18-23(34-21)20-30-29(32)27-19-26(27)28(22-11-5-2-6-12-22)31-35(33,24-13-7-3-8-14-24)25-15-9-4-10-16-25/h2-18,26-28H,19-20H2,1H3,(H,30,32)(H,31,33)/t26-,27+,28-/m1/s1. The van der Waals surface area contributed by atoms with Gasteiger partial charge >= 0.3 is 0 Å². The molecule has 5 nitrogen and oxygen atoms in total. The van der Waals surface area contributed by atoms with Gasteiger partial charge in [0, 0.05) is 22.6 Å². The third-order valence-corrected chi connectivity index (χ3v) is 9.25. The number of aryl methyl sites for hydroxylation is 1. The van der Waals surface area contributed by atoms with Crippen molar-refractivity contribution in [1.82, 2.24) is 10.4 Å². The molecule has 6 heteroatoms. The third kappa shape index (κ3) is 5.17. The molecule has 1 aromatic heterocycles. The Hall–Kier alpha value is -3.40. The Morgan fingerprint density at radius 3 is 2.00 bits per heavy atom. The molecule has 1 aliphatic rings. The largest absolute Gasteiger partial charge is 0.465 e. The highest BCUT2D eigenvalue weighted by atomic mass is 31.2. The Labute approximate surface area is 206 Å². The van der Waals surface area contributed by atoms with Crippen LogP contribution in [0.5, 0.6) is 0 Å². The molecular weight excluding hydrogens is 455 g/mol. The Morgan fingerprint density at radius 1 is 0.886 bits per heavy atom. The number of furan rings is 1. The maximum Gasteiger partial charge on any atom is 0.223 e. The van der Waals surface area contributed by atoms with Gasteiger partial charge in [0.25, 0.3) is 0 Å². The quantitative estimate of drug-likeness (QED) is 0.324. The summed E-state index contributed by atoms with van der Waals surface area (Å²) in [5.41, 5.74) is 1.03. The van der Waals surface area contributed by atoms with E-state index in [0.717, 1.165) is 34.1 Å². The summed E-state index contributed by atoms with van der Waals surface area (Å²) in [5, 5.41) is 8.07. The Bertz CT molecular complexity index is 1280. The fourth-order valence-electron chi connectivity index (χ4n) is 4.62. The molecule has 1 saturated carbocycles. The lowest BCUT2D eigenvalue weighted by molar-refractivity contribution is -0.122. The molecule has 0 saturated heterocycles. The molecule has 1 amide bonds. The number of benzene rings is 3. The van der Waals surface area contributed by atoms with E-state index < -0.39 is 7.29 Å². The van der Waals surface area contributed by atoms with Crippen LogP contribution in [-0.2, 0) is 15.9 Å². The lowest BCUT2D eigenvalue weighted by Crippen LogP contribution is -2.33. The minimum absolute atomic E-state index is 0.000962. The lowest BCUT2D eigenvalue weighted by atomic mass is 10.0. The summed E-state index contributed by atoms with van der Waals surface area (Å²) in [6.07, 6.45) is 0.735. The molecule has 4 aromatic rings. The van der Waals surface area contributed by atoms with Crippen LogP contribution in [-0.4, -0.2) is 5.91 Å². The second-order valence-electron chi connectivity index (χ2n) is 9.03. The van der Waals surface area contributed by atoms with Gasteiger partial charge in [-0.3, -0.25) is 14.4 Å². The van der Waals surface area contributed by atoms with Crippen LogP contribution in [0.4, 0.5) is 0 Å². The number of carbonyl (C=O) groups is 1. The van der Waals surface area contributed by atoms with Crippen LogP contribution in [0.3, 0.4) is 0 Å². The molecule has 178 valence electrons. The van der Waals surface area contributed by atoms with Gasteiger partial charge in [-0.2, -0.15) is 0 Å². The monoisotopic (exact) mass is 484 g/mol. The number of amides is 1. The summed E-state index contributed by atoms with van der Waals surface area (Å²) in [7, 11) is -3.17. The third-order valence-electron chi connectivity index (χ3n) is 6.56. The Balaban J connectivity index is 1.41. The van der Waals surface area contributed by atoms with E-state index in [9.17, 15) is 9.36 Å². The fraction of sp³-hybridized carbons (Fsp3) is 0.207. The van der Waals surface area contributed by atoms with Crippen molar-refractivity contribution >= 4 is 23.8 Å². The van der Waals surface area contributed by atoms with Crippen LogP contribution in [0.1, 0.15) is 29.5 Å². The first kappa shape index (κ1) is 23.3. The molecule has 0 aliphatic heterocycles. The predicted molar refractivity (Wildman–Crippen MR) is 139 cm³/mol. The highest BCUT2D eigenvalue weighted by molar-refractivity contribution is 7.76. The molecule has 0 spiro atoms. The second-order valence-corrected chi connectivity index (χ2v) is 11.5. The number of nitrogens with one attached hydrogen (secondary N) is 2. The van der Waals surface area contributed by atoms with Crippen molar-refractivity contribution in [1.29, 1.82) is 0 Å². The SMILES string of the molecule is Cc1ccc(CNC(=O)[C@H]2C[C@H]2[C@H](NP(=O)(c2ccccc2)c2ccccc2)c2ccccc2)o1. The van der Waals surface area contributed by atoms with E-state index in [2.05, 4.69) is 10.4 Å². The minimum Gasteiger partial charge on any atom is -0.465 e. The van der Waals surface area contributed by atoms with Gasteiger partial charge in [0.2, 0.25) is 13.2 Å². The molecule has 1 heterocycles. The number of hydrogen-bond donors (Lipinski definition) is 2. The van der Waals surface area contributed by atoms with Crippen LogP contribution < -0.4 is 21.0 Å². The van der Waals surface area contributed by atoms with E-state index in [1.54, 1.807) is 0 Å². The first-order valence-electron chi connectivity index (χ1n) is 11.9. The zero-order valence-electron chi connectivity index (χ0n) is 19.6. The molecular formula is C29H29N2O3P. The molecule has 3 aromatic carbocycles. The summed E-state index contributed by atoms with van der Waals surface area (Å²) in [5.74, 6) is 1.45. The van der Waals surface area contributed by atoms with E-state index >= 15 is 0 Å². The maximum absolute atomic E-state index is 14.7. The second kappa shape index (κ2) is 10.1. The first-order valence-corrected chi connectivity index (χ1v) is 13.6. The Morgan fingerprint density at radius 2 is 1.46 bits per heavy atom. The molecule has 0 radical (unpaired) electrons. The zero-order valence-corrected chi connectivity index (χ0v) is 20.5. The van der Waals surface area contributed by atoms with Crippen LogP contribution in [0.25, 0.3) is 0 Å². The summed E-state index contributed by atoms with van der Waals surface area (Å²) >= 11 is 0. The van der Waals surface area contributed by atoms with Gasteiger partial charge in [-0.1, -0.05) is 66.7 Å². The predicted octanol–water partition coefficient (Wildman–Crippen LogP) is 5.10. The van der Waals surface area contributed by atoms with Crippen molar-refractivity contribution in [3.8, 4) is 0 Å². The van der Waals surface area contributed by atoms with Gasteiger partial charge in [-0.15, -0.1) is 0 Å². The lowest BCUT2D eigenvalue weighted by Gasteiger charge is -2.28. The van der Waals surface area contributed by atoms with E-state index in [1.165, 1.54) is 0 Å². The Kier molecular flexibility index (Phi) is 6.72. The van der Waals surface area contributed by atoms with Crippen LogP contribution in [0.15, 0.2) is 108 Å². The molecule has 1 fully saturated rings. The average molecular weight is 485 g/mol. The first-order chi connectivity index (χ1) is 17.0. The maximum atomic E-state index is 14.7. The number of hydrogen-bond acceptors (Lipinski definition) is 3. The fourth-order valence-corrected chi connectivity index (χ4v) is 7.13. The molecule has 5 rings (SSSR count). The van der Waals surface area contributed by atoms with Crippen molar-refractivity contribution in [3.63, 3.8) is 0 Å². The normalized spacial score (nSPS) is 18.1. The van der Waals surface area contributed by atoms with Crippen molar-refractivity contribution in [2.45, 2.75) is 25.9 Å². The summed E-state index contributed by atoms with van der Waals surface area (Å²) in [4.78, 5) is 13.0. The highest BCUT2D eigenvalue weighted by Crippen LogP contribution is 2.52. The van der Waals surface area contributed by atoms with Gasteiger partial charge in [0.1, 0.15) is 11.5 Å². The van der Waals surface area contributed by atoms with Crippen molar-refractivity contribution in [2.75, 3.05) is 0 Å². The van der Waals surface area contributed by atoms with Crippen LogP contribution >= 0.6 is 7.29 Å². The van der Waals surface area contributed by atoms with Crippen molar-refractivity contribution in [2.24, 2.45) is 11.8 Å². The number of rotatable bonds is 9. The summed E-state index contributed by atoms with van der Waals surface area (Å²) in [6.45, 7) is 2.25. The minimum atomic E-state index is -3.17. The van der Waals surface area contributed by atoms with E-state index in [-0.39, 0.29) is 23.8 Å². The molecule has 0 unspecified atom stereocenters. The highest BCUT2D eigenvalue weighted by Gasteiger charge is 2.50. The van der Waals surface area contributed by atoms with E-state index in [0.29, 0.717) is 6.54 Å². The number of carbonyl (C=O) groups excluding carboxylic acids is 1. The van der Waals surface area contributed by atoms with Crippen molar-refractivity contribution < 1.29 is 13.8 Å². The van der Waals surface area contributed by atoms with Gasteiger partial charge < -0.3 is 9.73 Å². The van der Waals surface area contributed by atoms with Gasteiger partial charge in [-0.25, -0.2) is 0 Å². The van der Waals surface area contributed by atoms with Gasteiger partial charge in [-0.05, 0) is 61.2 Å². The van der Waals surface area contributed by atoms with Crippen LogP contribution in [0.2, 0.25) is 0 Å². The van der Waals surface area contributed by atoms with Gasteiger partial charge in [0.05, 0.1) is 6.54 Å². The molecule has 3 atom stereocenters.